The molecule has 0 radical (unpaired) electrons. The van der Waals surface area contributed by atoms with E-state index in [2.05, 4.69) is 27.6 Å². The maximum atomic E-state index is 11.8. The Bertz CT molecular complexity index is 799. The van der Waals surface area contributed by atoms with Gasteiger partial charge in [0.15, 0.2) is 0 Å². The second-order valence-corrected chi connectivity index (χ2v) is 5.44. The first-order chi connectivity index (χ1) is 9.19. The van der Waals surface area contributed by atoms with Gasteiger partial charge >= 0.3 is 5.97 Å². The number of nitrogens with zero attached hydrogens (tertiary/aromatic N) is 1. The van der Waals surface area contributed by atoms with Crippen molar-refractivity contribution in [2.75, 3.05) is 7.11 Å². The summed E-state index contributed by atoms with van der Waals surface area (Å²) in [7, 11) is 1.38. The minimum absolute atomic E-state index is 0.358. The Balaban J connectivity index is 2.39. The molecule has 0 amide bonds. The predicted molar refractivity (Wildman–Crippen MR) is 83.3 cm³/mol. The lowest BCUT2D eigenvalue weighted by molar-refractivity contribution is 0.0603. The van der Waals surface area contributed by atoms with Crippen LogP contribution in [0.3, 0.4) is 0 Å². The van der Waals surface area contributed by atoms with Crippen LogP contribution in [0.4, 0.5) is 0 Å². The molecule has 0 unspecified atom stereocenters. The SMILES string of the molecule is COC(=O)c1cccc2cc3ccc(I)cc3nc12. The second-order valence-electron chi connectivity index (χ2n) is 4.19. The number of rotatable bonds is 1. The third kappa shape index (κ3) is 2.16. The number of hydrogen-bond acceptors (Lipinski definition) is 3. The molecule has 3 nitrogen and oxygen atoms in total. The number of halogens is 1. The number of aromatic nitrogens is 1. The predicted octanol–water partition coefficient (Wildman–Crippen LogP) is 3.78. The zero-order valence-electron chi connectivity index (χ0n) is 10.2. The van der Waals surface area contributed by atoms with Gasteiger partial charge < -0.3 is 4.74 Å². The summed E-state index contributed by atoms with van der Waals surface area (Å²) >= 11 is 2.25. The molecule has 2 aromatic carbocycles. The number of esters is 1. The van der Waals surface area contributed by atoms with Crippen LogP contribution >= 0.6 is 22.6 Å². The van der Waals surface area contributed by atoms with Gasteiger partial charge in [0, 0.05) is 14.3 Å². The van der Waals surface area contributed by atoms with Gasteiger partial charge in [-0.15, -0.1) is 0 Å². The number of carbonyl (C=O) groups is 1. The van der Waals surface area contributed by atoms with Crippen LogP contribution in [0, 0.1) is 3.57 Å². The average molecular weight is 363 g/mol. The zero-order valence-corrected chi connectivity index (χ0v) is 12.3. The minimum Gasteiger partial charge on any atom is -0.465 e. The topological polar surface area (TPSA) is 39.2 Å². The first-order valence-electron chi connectivity index (χ1n) is 5.76. The number of pyridine rings is 1. The fourth-order valence-corrected chi connectivity index (χ4v) is 2.58. The van der Waals surface area contributed by atoms with Crippen molar-refractivity contribution in [3.63, 3.8) is 0 Å². The largest absolute Gasteiger partial charge is 0.465 e. The molecule has 0 fully saturated rings. The molecule has 19 heavy (non-hydrogen) atoms. The minimum atomic E-state index is -0.358. The first kappa shape index (κ1) is 12.3. The number of methoxy groups -OCH3 is 1. The molecule has 1 heterocycles. The van der Waals surface area contributed by atoms with Crippen LogP contribution in [-0.2, 0) is 4.74 Å². The van der Waals surface area contributed by atoms with E-state index >= 15 is 0 Å². The quantitative estimate of drug-likeness (QED) is 0.375. The summed E-state index contributed by atoms with van der Waals surface area (Å²) in [5.41, 5.74) is 2.07. The highest BCUT2D eigenvalue weighted by Gasteiger charge is 2.12. The van der Waals surface area contributed by atoms with Gasteiger partial charge in [-0.2, -0.15) is 0 Å². The Morgan fingerprint density at radius 1 is 1.16 bits per heavy atom. The normalized spacial score (nSPS) is 10.8. The van der Waals surface area contributed by atoms with E-state index in [1.807, 2.05) is 36.4 Å². The van der Waals surface area contributed by atoms with E-state index in [-0.39, 0.29) is 5.97 Å². The number of para-hydroxylation sites is 1. The van der Waals surface area contributed by atoms with Gasteiger partial charge in [-0.05, 0) is 46.9 Å². The standard InChI is InChI=1S/C15H10INO2/c1-19-15(18)12-4-2-3-10-7-9-5-6-11(16)8-13(9)17-14(10)12/h2-8H,1H3. The molecule has 0 aliphatic carbocycles. The average Bonchev–Trinajstić information content (AvgIpc) is 2.43. The van der Waals surface area contributed by atoms with E-state index in [0.29, 0.717) is 11.1 Å². The van der Waals surface area contributed by atoms with Crippen LogP contribution < -0.4 is 0 Å². The molecule has 0 aliphatic rings. The molecular weight excluding hydrogens is 353 g/mol. The second kappa shape index (κ2) is 4.77. The number of benzene rings is 2. The fourth-order valence-electron chi connectivity index (χ4n) is 2.10. The molecule has 3 aromatic rings. The van der Waals surface area contributed by atoms with Gasteiger partial charge in [-0.25, -0.2) is 9.78 Å². The van der Waals surface area contributed by atoms with Gasteiger partial charge in [0.2, 0.25) is 0 Å². The lowest BCUT2D eigenvalue weighted by Gasteiger charge is -2.06. The molecule has 0 spiro atoms. The molecule has 0 aliphatic heterocycles. The van der Waals surface area contributed by atoms with Crippen LogP contribution in [0.15, 0.2) is 42.5 Å². The molecule has 94 valence electrons. The smallest absolute Gasteiger partial charge is 0.340 e. The monoisotopic (exact) mass is 363 g/mol. The number of carbonyl (C=O) groups excluding carboxylic acids is 1. The van der Waals surface area contributed by atoms with E-state index in [1.165, 1.54) is 7.11 Å². The summed E-state index contributed by atoms with van der Waals surface area (Å²) in [5.74, 6) is -0.358. The van der Waals surface area contributed by atoms with Gasteiger partial charge in [0.25, 0.3) is 0 Å². The molecule has 0 saturated heterocycles. The van der Waals surface area contributed by atoms with Crippen LogP contribution in [0.2, 0.25) is 0 Å². The lowest BCUT2D eigenvalue weighted by Crippen LogP contribution is -2.03. The molecular formula is C15H10INO2. The van der Waals surface area contributed by atoms with Crippen LogP contribution in [0.25, 0.3) is 21.8 Å². The van der Waals surface area contributed by atoms with Crippen LogP contribution in [-0.4, -0.2) is 18.1 Å². The number of hydrogen-bond donors (Lipinski definition) is 0. The van der Waals surface area contributed by atoms with E-state index in [1.54, 1.807) is 6.07 Å². The van der Waals surface area contributed by atoms with Gasteiger partial charge in [-0.3, -0.25) is 0 Å². The van der Waals surface area contributed by atoms with E-state index in [9.17, 15) is 4.79 Å². The zero-order chi connectivity index (χ0) is 13.4. The lowest BCUT2D eigenvalue weighted by atomic mass is 10.1. The van der Waals surface area contributed by atoms with Crippen molar-refractivity contribution in [1.29, 1.82) is 0 Å². The molecule has 4 heteroatoms. The Morgan fingerprint density at radius 2 is 2.00 bits per heavy atom. The van der Waals surface area contributed by atoms with Gasteiger partial charge in [0.05, 0.1) is 23.7 Å². The highest BCUT2D eigenvalue weighted by Crippen LogP contribution is 2.24. The molecule has 3 rings (SSSR count). The summed E-state index contributed by atoms with van der Waals surface area (Å²) in [6.45, 7) is 0. The number of fused-ring (bicyclic) bond motifs is 2. The summed E-state index contributed by atoms with van der Waals surface area (Å²) in [4.78, 5) is 16.4. The summed E-state index contributed by atoms with van der Waals surface area (Å²) < 4.78 is 5.92. The highest BCUT2D eigenvalue weighted by atomic mass is 127. The first-order valence-corrected chi connectivity index (χ1v) is 6.84. The highest BCUT2D eigenvalue weighted by molar-refractivity contribution is 14.1. The van der Waals surface area contributed by atoms with Gasteiger partial charge in [0.1, 0.15) is 0 Å². The third-order valence-corrected chi connectivity index (χ3v) is 3.68. The van der Waals surface area contributed by atoms with Crippen LogP contribution in [0.1, 0.15) is 10.4 Å². The van der Waals surface area contributed by atoms with Crippen molar-refractivity contribution >= 4 is 50.4 Å². The maximum Gasteiger partial charge on any atom is 0.340 e. The third-order valence-electron chi connectivity index (χ3n) is 3.01. The Kier molecular flexibility index (Phi) is 3.10. The van der Waals surface area contributed by atoms with E-state index in [0.717, 1.165) is 19.9 Å². The fraction of sp³-hybridized carbons (Fsp3) is 0.0667. The molecule has 1 aromatic heterocycles. The van der Waals surface area contributed by atoms with Crippen molar-refractivity contribution < 1.29 is 9.53 Å². The molecule has 0 atom stereocenters. The van der Waals surface area contributed by atoms with E-state index in [4.69, 9.17) is 4.74 Å². The number of ether oxygens (including phenoxy) is 1. The Morgan fingerprint density at radius 3 is 2.79 bits per heavy atom. The van der Waals surface area contributed by atoms with Crippen LogP contribution in [0.5, 0.6) is 0 Å². The van der Waals surface area contributed by atoms with Crippen molar-refractivity contribution in [3.8, 4) is 0 Å². The summed E-state index contributed by atoms with van der Waals surface area (Å²) in [5, 5.41) is 2.01. The van der Waals surface area contributed by atoms with Crippen molar-refractivity contribution in [2.24, 2.45) is 0 Å². The molecule has 0 bridgehead atoms. The molecule has 0 N–H and O–H groups in total. The van der Waals surface area contributed by atoms with Crippen molar-refractivity contribution in [1.82, 2.24) is 4.98 Å². The van der Waals surface area contributed by atoms with E-state index < -0.39 is 0 Å². The summed E-state index contributed by atoms with van der Waals surface area (Å²) in [6.07, 6.45) is 0. The summed E-state index contributed by atoms with van der Waals surface area (Å²) in [6, 6.07) is 13.7. The van der Waals surface area contributed by atoms with Gasteiger partial charge in [-0.1, -0.05) is 18.2 Å². The maximum absolute atomic E-state index is 11.8. The Hall–Kier alpha value is -1.69. The van der Waals surface area contributed by atoms with Crippen molar-refractivity contribution in [2.45, 2.75) is 0 Å². The Labute approximate surface area is 123 Å². The molecule has 0 saturated carbocycles. The van der Waals surface area contributed by atoms with Crippen molar-refractivity contribution in [3.05, 3.63) is 51.6 Å².